The van der Waals surface area contributed by atoms with E-state index >= 15 is 0 Å². The van der Waals surface area contributed by atoms with Crippen molar-refractivity contribution in [2.45, 2.75) is 212 Å². The highest BCUT2D eigenvalue weighted by molar-refractivity contribution is 5.89. The van der Waals surface area contributed by atoms with E-state index in [1.54, 1.807) is 12.1 Å². The van der Waals surface area contributed by atoms with Crippen molar-refractivity contribution in [3.8, 4) is 5.75 Å². The third-order valence-electron chi connectivity index (χ3n) is 14.5. The second kappa shape index (κ2) is 52.5. The lowest BCUT2D eigenvalue weighted by Crippen LogP contribution is -2.49. The molecule has 25 nitrogen and oxygen atoms in total. The Kier molecular flexibility index (Phi) is 47.7. The number of Topliss-reactive ketones (excluding diaryl/α,β-unsaturated/α-hetero) is 4. The van der Waals surface area contributed by atoms with Gasteiger partial charge >= 0.3 is 17.9 Å². The molecule has 0 saturated carbocycles. The Morgan fingerprint density at radius 2 is 1.02 bits per heavy atom. The van der Waals surface area contributed by atoms with Gasteiger partial charge < -0.3 is 66.4 Å². The molecule has 0 heterocycles. The highest BCUT2D eigenvalue weighted by Crippen LogP contribution is 2.17. The summed E-state index contributed by atoms with van der Waals surface area (Å²) in [4.78, 5) is 134. The maximum atomic E-state index is 13.3. The van der Waals surface area contributed by atoms with Crippen LogP contribution in [0, 0.1) is 11.8 Å². The maximum Gasteiger partial charge on any atom is 0.326 e. The molecule has 89 heavy (non-hydrogen) atoms. The highest BCUT2D eigenvalue weighted by atomic mass is 16.5. The van der Waals surface area contributed by atoms with Crippen LogP contribution in [-0.2, 0) is 78.1 Å². The van der Waals surface area contributed by atoms with Crippen molar-refractivity contribution in [3.05, 3.63) is 29.8 Å². The molecule has 1 aromatic rings. The number of carbonyl (C=O) groups excluding carboxylic acids is 8. The van der Waals surface area contributed by atoms with E-state index in [0.29, 0.717) is 51.7 Å². The molecule has 0 radical (unpaired) electrons. The van der Waals surface area contributed by atoms with Crippen LogP contribution in [0.2, 0.25) is 0 Å². The number of rotatable bonds is 62. The minimum Gasteiger partial charge on any atom is -0.508 e. The smallest absolute Gasteiger partial charge is 0.326 e. The van der Waals surface area contributed by atoms with Crippen molar-refractivity contribution < 1.29 is 92.1 Å². The first-order valence-electron chi connectivity index (χ1n) is 32.1. The van der Waals surface area contributed by atoms with Crippen molar-refractivity contribution >= 4 is 64.7 Å². The zero-order valence-corrected chi connectivity index (χ0v) is 53.0. The number of phenols is 1. The number of nitrogens with two attached hydrogens (primary N) is 1. The summed E-state index contributed by atoms with van der Waals surface area (Å²) < 4.78 is 21.7. The third-order valence-corrected chi connectivity index (χ3v) is 14.5. The fourth-order valence-corrected chi connectivity index (χ4v) is 9.47. The fraction of sp³-hybridized carbons (Fsp3) is 0.734. The normalized spacial score (nSPS) is 12.6. The zero-order valence-electron chi connectivity index (χ0n) is 53.0. The van der Waals surface area contributed by atoms with Gasteiger partial charge in [-0.05, 0) is 81.4 Å². The van der Waals surface area contributed by atoms with Crippen molar-refractivity contribution in [3.63, 3.8) is 0 Å². The molecule has 11 N–H and O–H groups in total. The van der Waals surface area contributed by atoms with E-state index in [2.05, 4.69) is 26.6 Å². The van der Waals surface area contributed by atoms with Crippen LogP contribution in [0.4, 0.5) is 0 Å². The van der Waals surface area contributed by atoms with Crippen LogP contribution < -0.4 is 32.3 Å². The van der Waals surface area contributed by atoms with Gasteiger partial charge in [0.15, 0.2) is 11.6 Å². The fourth-order valence-electron chi connectivity index (χ4n) is 9.47. The summed E-state index contributed by atoms with van der Waals surface area (Å²) in [6.45, 7) is 4.96. The minimum absolute atomic E-state index is 0.0189. The van der Waals surface area contributed by atoms with E-state index in [1.807, 2.05) is 13.8 Å². The second-order valence-corrected chi connectivity index (χ2v) is 23.1. The molecule has 0 unspecified atom stereocenters. The first-order chi connectivity index (χ1) is 42.7. The van der Waals surface area contributed by atoms with E-state index in [-0.39, 0.29) is 159 Å². The van der Waals surface area contributed by atoms with Crippen LogP contribution in [0.5, 0.6) is 5.75 Å². The molecule has 0 fully saturated rings. The molecule has 0 spiro atoms. The Labute approximate surface area is 525 Å². The van der Waals surface area contributed by atoms with Crippen LogP contribution >= 0.6 is 0 Å². The number of aromatic hydroxyl groups is 1. The van der Waals surface area contributed by atoms with Gasteiger partial charge in [-0.25, -0.2) is 4.79 Å². The van der Waals surface area contributed by atoms with E-state index < -0.39 is 65.5 Å². The predicted molar refractivity (Wildman–Crippen MR) is 332 cm³/mol. The number of primary amides is 1. The van der Waals surface area contributed by atoms with Gasteiger partial charge in [0.25, 0.3) is 0 Å². The van der Waals surface area contributed by atoms with Crippen molar-refractivity contribution in [2.75, 3.05) is 79.0 Å². The second-order valence-electron chi connectivity index (χ2n) is 23.1. The quantitative estimate of drug-likeness (QED) is 0.0362. The van der Waals surface area contributed by atoms with Crippen LogP contribution in [0.3, 0.4) is 0 Å². The van der Waals surface area contributed by atoms with Gasteiger partial charge in [0.1, 0.15) is 36.6 Å². The summed E-state index contributed by atoms with van der Waals surface area (Å²) in [6.07, 6.45) is 16.5. The molecule has 4 atom stereocenters. The number of hydrogen-bond donors (Lipinski definition) is 10. The minimum atomic E-state index is -1.29. The molecule has 0 aliphatic carbocycles. The van der Waals surface area contributed by atoms with Gasteiger partial charge in [-0.1, -0.05) is 103 Å². The molecule has 0 bridgehead atoms. The van der Waals surface area contributed by atoms with E-state index in [4.69, 9.17) is 29.8 Å². The van der Waals surface area contributed by atoms with Crippen LogP contribution in [0.25, 0.3) is 0 Å². The van der Waals surface area contributed by atoms with Gasteiger partial charge in [-0.2, -0.15) is 0 Å². The monoisotopic (exact) mass is 1260 g/mol. The Morgan fingerprint density at radius 3 is 1.61 bits per heavy atom. The molecular weight excluding hydrogens is 1160 g/mol. The standard InChI is InChI=1S/C64H106N6O19/c1-47(2)40-53(74)43-68-54(57(75)44-69-56(62(65)81)41-48-24-27-50(71)28-25-48)21-17-18-32-66-60(78)46-89-39-36-86-34-19-20-52(73)45-88-38-37-87-35-33-67-58(76)31-26-49(63(82)83)42-51(72)29-30-55(64(84)85)70-59(77)22-15-13-11-9-7-5-3-4-6-8-10-12-14-16-23-61(79)80/h24-25,27-28,47,49,54-56,68-69,71H,3-23,26,29-46H2,1-2H3,(H2,65,81)(H,66,78)(H,67,76)(H,70,77)(H,79,80)(H,82,83)(H,84,85)/t49-,54+,55+,56+/m1/s1. The lowest BCUT2D eigenvalue weighted by atomic mass is 9.94. The number of carboxylic acids is 3. The molecule has 4 amide bonds. The predicted octanol–water partition coefficient (Wildman–Crippen LogP) is 5.46. The first kappa shape index (κ1) is 80.8. The molecule has 0 aromatic heterocycles. The number of hydrogen-bond acceptors (Lipinski definition) is 18. The number of benzene rings is 1. The average Bonchev–Trinajstić information content (AvgIpc) is 3.67. The molecule has 1 aromatic carbocycles. The summed E-state index contributed by atoms with van der Waals surface area (Å²) in [7, 11) is 0. The van der Waals surface area contributed by atoms with Crippen molar-refractivity contribution in [2.24, 2.45) is 17.6 Å². The summed E-state index contributed by atoms with van der Waals surface area (Å²) in [5.74, 6) is -6.91. The number of amides is 4. The van der Waals surface area contributed by atoms with Crippen molar-refractivity contribution in [1.29, 1.82) is 0 Å². The average molecular weight is 1260 g/mol. The molecular formula is C64H106N6O19. The molecule has 506 valence electrons. The first-order valence-corrected chi connectivity index (χ1v) is 32.1. The number of nitrogens with one attached hydrogen (secondary N) is 5. The topological polar surface area (TPSA) is 392 Å². The Hall–Kier alpha value is -6.25. The Balaban J connectivity index is 2.13. The maximum absolute atomic E-state index is 13.3. The molecule has 0 saturated heterocycles. The number of carbonyl (C=O) groups is 11. The van der Waals surface area contributed by atoms with E-state index in [0.717, 1.165) is 63.4 Å². The number of aliphatic carboxylic acids is 3. The summed E-state index contributed by atoms with van der Waals surface area (Å²) >= 11 is 0. The van der Waals surface area contributed by atoms with Gasteiger partial charge in [-0.15, -0.1) is 0 Å². The number of phenolic OH excluding ortho intramolecular Hbond substituents is 1. The molecule has 0 aliphatic rings. The van der Waals surface area contributed by atoms with Gasteiger partial charge in [0.2, 0.25) is 23.6 Å². The van der Waals surface area contributed by atoms with Crippen LogP contribution in [-0.4, -0.2) is 182 Å². The number of ketones is 4. The van der Waals surface area contributed by atoms with E-state index in [9.17, 15) is 68.1 Å². The zero-order chi connectivity index (χ0) is 65.9. The molecule has 25 heteroatoms. The van der Waals surface area contributed by atoms with Gasteiger partial charge in [-0.3, -0.25) is 53.3 Å². The highest BCUT2D eigenvalue weighted by Gasteiger charge is 2.26. The lowest BCUT2D eigenvalue weighted by molar-refractivity contribution is -0.145. The summed E-state index contributed by atoms with van der Waals surface area (Å²) in [5.41, 5.74) is 6.34. The van der Waals surface area contributed by atoms with Crippen molar-refractivity contribution in [1.82, 2.24) is 26.6 Å². The molecule has 0 aliphatic heterocycles. The Morgan fingerprint density at radius 1 is 0.461 bits per heavy atom. The largest absolute Gasteiger partial charge is 0.508 e. The number of unbranched alkanes of at least 4 members (excludes halogenated alkanes) is 14. The summed E-state index contributed by atoms with van der Waals surface area (Å²) in [6, 6.07) is 3.52. The van der Waals surface area contributed by atoms with E-state index in [1.165, 1.54) is 37.8 Å². The van der Waals surface area contributed by atoms with Gasteiger partial charge in [0.05, 0.1) is 64.1 Å². The van der Waals surface area contributed by atoms with Crippen LogP contribution in [0.15, 0.2) is 24.3 Å². The summed E-state index contributed by atoms with van der Waals surface area (Å²) in [5, 5.41) is 51.5. The lowest BCUT2D eigenvalue weighted by Gasteiger charge is -2.20. The molecule has 1 rings (SSSR count). The third kappa shape index (κ3) is 47.4. The number of ether oxygens (including phenoxy) is 4. The Bertz CT molecular complexity index is 2220. The van der Waals surface area contributed by atoms with Crippen LogP contribution in [0.1, 0.15) is 193 Å². The SMILES string of the molecule is CC(C)CC(=O)CN[C@@H](CCCCNC(=O)COCCOCCCC(=O)COCCOCCNC(=O)CC[C@H](CC(=O)CC[C@H](NC(=O)CCCCCCCCCCCCCCCCC(=O)O)C(=O)O)C(=O)O)C(=O)CN[C@@H](Cc1ccc(O)cc1)C(N)=O. The number of carboxylic acid groups (broad SMARTS) is 3. The van der Waals surface area contributed by atoms with Gasteiger partial charge in [0, 0.05) is 64.6 Å².